The first-order valence-electron chi connectivity index (χ1n) is 5.41. The number of rotatable bonds is 3. The van der Waals surface area contributed by atoms with Gasteiger partial charge in [-0.1, -0.05) is 48.0 Å². The van der Waals surface area contributed by atoms with Crippen molar-refractivity contribution in [3.05, 3.63) is 29.8 Å². The highest BCUT2D eigenvalue weighted by Crippen LogP contribution is 2.34. The quantitative estimate of drug-likeness (QED) is 0.758. The number of hydrogen-bond acceptors (Lipinski definition) is 1. The van der Waals surface area contributed by atoms with Gasteiger partial charge in [0.05, 0.1) is 0 Å². The second kappa shape index (κ2) is 4.17. The predicted octanol–water partition coefficient (Wildman–Crippen LogP) is 3.80. The molecule has 1 aliphatic heterocycles. The van der Waals surface area contributed by atoms with E-state index in [1.54, 1.807) is 0 Å². The van der Waals surface area contributed by atoms with Crippen LogP contribution in [0.3, 0.4) is 0 Å². The van der Waals surface area contributed by atoms with Crippen LogP contribution in [0.2, 0.25) is 0 Å². The van der Waals surface area contributed by atoms with E-state index in [4.69, 9.17) is 4.74 Å². The van der Waals surface area contributed by atoms with Gasteiger partial charge in [-0.25, -0.2) is 0 Å². The van der Waals surface area contributed by atoms with Crippen molar-refractivity contribution in [1.82, 2.24) is 0 Å². The van der Waals surface area contributed by atoms with Gasteiger partial charge >= 0.3 is 0 Å². The van der Waals surface area contributed by atoms with E-state index >= 15 is 0 Å². The summed E-state index contributed by atoms with van der Waals surface area (Å²) < 4.78 is 5.92. The Labute approximate surface area is 100.0 Å². The minimum Gasteiger partial charge on any atom is -0.490 e. The second-order valence-corrected chi connectivity index (χ2v) is 5.61. The molecule has 0 bridgehead atoms. The van der Waals surface area contributed by atoms with Crippen molar-refractivity contribution < 1.29 is 4.74 Å². The molecule has 1 unspecified atom stereocenters. The van der Waals surface area contributed by atoms with Crippen LogP contribution in [0.15, 0.2) is 24.3 Å². The van der Waals surface area contributed by atoms with Crippen molar-refractivity contribution in [2.75, 3.05) is 5.33 Å². The average Bonchev–Trinajstić information content (AvgIpc) is 2.58. The van der Waals surface area contributed by atoms with Crippen molar-refractivity contribution in [2.45, 2.75) is 32.8 Å². The molecule has 0 N–H and O–H groups in total. The summed E-state index contributed by atoms with van der Waals surface area (Å²) in [5.41, 5.74) is 1.67. The van der Waals surface area contributed by atoms with Crippen molar-refractivity contribution in [3.63, 3.8) is 0 Å². The first-order valence-corrected chi connectivity index (χ1v) is 6.53. The number of halogens is 1. The lowest BCUT2D eigenvalue weighted by Crippen LogP contribution is -2.25. The summed E-state index contributed by atoms with van der Waals surface area (Å²) in [6.07, 6.45) is 2.52. The van der Waals surface area contributed by atoms with Gasteiger partial charge in [0.15, 0.2) is 0 Å². The van der Waals surface area contributed by atoms with E-state index in [0.29, 0.717) is 11.5 Å². The number of benzene rings is 1. The molecule has 82 valence electrons. The highest BCUT2D eigenvalue weighted by atomic mass is 79.9. The molecule has 0 amide bonds. The van der Waals surface area contributed by atoms with Crippen LogP contribution in [0.1, 0.15) is 25.8 Å². The number of fused-ring (bicyclic) bond motifs is 1. The lowest BCUT2D eigenvalue weighted by molar-refractivity contribution is 0.170. The molecule has 0 spiro atoms. The van der Waals surface area contributed by atoms with Gasteiger partial charge in [-0.05, 0) is 23.5 Å². The van der Waals surface area contributed by atoms with E-state index in [9.17, 15) is 0 Å². The first-order chi connectivity index (χ1) is 7.11. The van der Waals surface area contributed by atoms with Crippen LogP contribution in [0, 0.1) is 5.41 Å². The molecule has 2 rings (SSSR count). The molecule has 0 aliphatic carbocycles. The molecule has 0 saturated carbocycles. The second-order valence-electron chi connectivity index (χ2n) is 5.05. The van der Waals surface area contributed by atoms with E-state index in [2.05, 4.69) is 48.0 Å². The summed E-state index contributed by atoms with van der Waals surface area (Å²) in [5, 5.41) is 1.02. The molecule has 0 aromatic heterocycles. The van der Waals surface area contributed by atoms with E-state index in [-0.39, 0.29) is 0 Å². The number of alkyl halides is 1. The Morgan fingerprint density at radius 2 is 2.13 bits per heavy atom. The maximum Gasteiger partial charge on any atom is 0.123 e. The van der Waals surface area contributed by atoms with Crippen LogP contribution in [-0.4, -0.2) is 11.4 Å². The molecule has 1 nitrogen and oxygen atoms in total. The highest BCUT2D eigenvalue weighted by Gasteiger charge is 2.28. The summed E-state index contributed by atoms with van der Waals surface area (Å²) in [7, 11) is 0. The zero-order chi connectivity index (χ0) is 10.9. The molecule has 1 aliphatic rings. The molecule has 0 saturated heterocycles. The molecule has 2 heteroatoms. The fourth-order valence-electron chi connectivity index (χ4n) is 2.04. The Morgan fingerprint density at radius 3 is 2.80 bits per heavy atom. The normalized spacial score (nSPS) is 19.8. The van der Waals surface area contributed by atoms with Gasteiger partial charge in [0.25, 0.3) is 0 Å². The third-order valence-corrected chi connectivity index (χ3v) is 4.37. The molecular weight excluding hydrogens is 252 g/mol. The summed E-state index contributed by atoms with van der Waals surface area (Å²) in [6.45, 7) is 4.54. The van der Waals surface area contributed by atoms with Gasteiger partial charge in [0.2, 0.25) is 0 Å². The van der Waals surface area contributed by atoms with Crippen LogP contribution < -0.4 is 4.74 Å². The summed E-state index contributed by atoms with van der Waals surface area (Å²) in [4.78, 5) is 0. The monoisotopic (exact) mass is 268 g/mol. The standard InChI is InChI=1S/C13H17BrO/c1-13(2,9-14)8-11-7-10-5-3-4-6-12(10)15-11/h3-6,11H,7-9H2,1-2H3. The van der Waals surface area contributed by atoms with Gasteiger partial charge in [-0.3, -0.25) is 0 Å². The third kappa shape index (κ3) is 2.54. The zero-order valence-electron chi connectivity index (χ0n) is 9.29. The van der Waals surface area contributed by atoms with E-state index in [0.717, 1.165) is 23.9 Å². The van der Waals surface area contributed by atoms with E-state index in [1.165, 1.54) is 5.56 Å². The van der Waals surface area contributed by atoms with Crippen LogP contribution in [-0.2, 0) is 6.42 Å². The van der Waals surface area contributed by atoms with Crippen molar-refractivity contribution in [3.8, 4) is 5.75 Å². The van der Waals surface area contributed by atoms with Gasteiger partial charge in [0, 0.05) is 11.8 Å². The molecule has 1 aromatic rings. The predicted molar refractivity (Wildman–Crippen MR) is 66.8 cm³/mol. The summed E-state index contributed by atoms with van der Waals surface area (Å²) in [6, 6.07) is 8.35. The Hall–Kier alpha value is -0.500. The Morgan fingerprint density at radius 1 is 1.40 bits per heavy atom. The van der Waals surface area contributed by atoms with Crippen molar-refractivity contribution >= 4 is 15.9 Å². The minimum absolute atomic E-state index is 0.312. The van der Waals surface area contributed by atoms with E-state index < -0.39 is 0 Å². The Bertz CT molecular complexity index is 321. The molecule has 1 atom stereocenters. The maximum absolute atomic E-state index is 5.92. The smallest absolute Gasteiger partial charge is 0.123 e. The topological polar surface area (TPSA) is 9.23 Å². The minimum atomic E-state index is 0.312. The lowest BCUT2D eigenvalue weighted by Gasteiger charge is -2.25. The average molecular weight is 269 g/mol. The Balaban J connectivity index is 2.02. The lowest BCUT2D eigenvalue weighted by atomic mass is 9.88. The van der Waals surface area contributed by atoms with Gasteiger partial charge in [0.1, 0.15) is 11.9 Å². The first kappa shape index (κ1) is 11.0. The summed E-state index contributed by atoms with van der Waals surface area (Å²) in [5.74, 6) is 1.08. The number of para-hydroxylation sites is 1. The van der Waals surface area contributed by atoms with Gasteiger partial charge in [-0.2, -0.15) is 0 Å². The number of hydrogen-bond donors (Lipinski definition) is 0. The van der Waals surface area contributed by atoms with Crippen LogP contribution >= 0.6 is 15.9 Å². The third-order valence-electron chi connectivity index (χ3n) is 2.86. The summed E-state index contributed by atoms with van der Waals surface area (Å²) >= 11 is 3.56. The number of ether oxygens (including phenoxy) is 1. The fraction of sp³-hybridized carbons (Fsp3) is 0.538. The van der Waals surface area contributed by atoms with Gasteiger partial charge in [-0.15, -0.1) is 0 Å². The van der Waals surface area contributed by atoms with Gasteiger partial charge < -0.3 is 4.74 Å². The molecule has 1 aromatic carbocycles. The Kier molecular flexibility index (Phi) is 3.06. The van der Waals surface area contributed by atoms with E-state index in [1.807, 2.05) is 6.07 Å². The largest absolute Gasteiger partial charge is 0.490 e. The molecule has 1 heterocycles. The molecule has 15 heavy (non-hydrogen) atoms. The zero-order valence-corrected chi connectivity index (χ0v) is 10.9. The highest BCUT2D eigenvalue weighted by molar-refractivity contribution is 9.09. The van der Waals surface area contributed by atoms with Crippen molar-refractivity contribution in [1.29, 1.82) is 0 Å². The maximum atomic E-state index is 5.92. The van der Waals surface area contributed by atoms with Crippen LogP contribution in [0.5, 0.6) is 5.75 Å². The molecule has 0 radical (unpaired) electrons. The van der Waals surface area contributed by atoms with Crippen molar-refractivity contribution in [2.24, 2.45) is 5.41 Å². The SMILES string of the molecule is CC(C)(CBr)CC1Cc2ccccc2O1. The van der Waals surface area contributed by atoms with Crippen LogP contribution in [0.25, 0.3) is 0 Å². The fourth-order valence-corrected chi connectivity index (χ4v) is 2.27. The molecular formula is C13H17BrO. The van der Waals surface area contributed by atoms with Crippen LogP contribution in [0.4, 0.5) is 0 Å². The molecule has 0 fully saturated rings.